The number of aromatic hydroxyl groups is 1. The topological polar surface area (TPSA) is 107 Å². The maximum atomic E-state index is 12.1. The first-order valence-corrected chi connectivity index (χ1v) is 10.3. The van der Waals surface area contributed by atoms with Gasteiger partial charge in [0.25, 0.3) is 5.91 Å². The van der Waals surface area contributed by atoms with Gasteiger partial charge in [-0.3, -0.25) is 4.79 Å². The molecule has 1 aliphatic rings. The first-order valence-electron chi connectivity index (χ1n) is 8.81. The van der Waals surface area contributed by atoms with E-state index >= 15 is 0 Å². The molecule has 0 saturated carbocycles. The molecule has 0 spiro atoms. The number of aryl methyl sites for hydroxylation is 1. The average Bonchev–Trinajstić information content (AvgIpc) is 2.86. The Balaban J connectivity index is 1.88. The molecular weight excluding hydrogens is 368 g/mol. The summed E-state index contributed by atoms with van der Waals surface area (Å²) in [7, 11) is -3.97. The zero-order valence-corrected chi connectivity index (χ0v) is 16.2. The molecule has 3 N–H and O–H groups in total. The molecule has 0 atom stereocenters. The summed E-state index contributed by atoms with van der Waals surface area (Å²) in [6.07, 6.45) is 2.64. The lowest BCUT2D eigenvalue weighted by molar-refractivity contribution is -0.117. The Labute approximate surface area is 158 Å². The minimum Gasteiger partial charge on any atom is -0.506 e. The lowest BCUT2D eigenvalue weighted by Gasteiger charge is -2.21. The van der Waals surface area contributed by atoms with Gasteiger partial charge in [0, 0.05) is 6.61 Å². The fraction of sp³-hybridized carbons (Fsp3) is 0.421. The van der Waals surface area contributed by atoms with Crippen LogP contribution in [0.15, 0.2) is 30.3 Å². The number of aliphatic hydroxyl groups excluding tert-OH is 1. The number of nitrogens with zero attached hydrogens (tertiary/aromatic N) is 1. The van der Waals surface area contributed by atoms with Crippen molar-refractivity contribution in [2.45, 2.75) is 33.1 Å². The molecule has 0 radical (unpaired) electrons. The van der Waals surface area contributed by atoms with E-state index < -0.39 is 16.1 Å². The van der Waals surface area contributed by atoms with Crippen LogP contribution in [-0.4, -0.2) is 37.7 Å². The monoisotopic (exact) mass is 392 g/mol. The van der Waals surface area contributed by atoms with Gasteiger partial charge in [-0.15, -0.1) is 0 Å². The van der Waals surface area contributed by atoms with Crippen LogP contribution in [0.4, 0.5) is 5.69 Å². The van der Waals surface area contributed by atoms with Crippen molar-refractivity contribution in [3.63, 3.8) is 0 Å². The summed E-state index contributed by atoms with van der Waals surface area (Å²) < 4.78 is 26.9. The highest BCUT2D eigenvalue weighted by atomic mass is 32.2. The van der Waals surface area contributed by atoms with E-state index in [1.165, 1.54) is 6.07 Å². The summed E-state index contributed by atoms with van der Waals surface area (Å²) in [4.78, 5) is 11.5. The van der Waals surface area contributed by atoms with Crippen LogP contribution in [0.3, 0.4) is 0 Å². The van der Waals surface area contributed by atoms with Crippen molar-refractivity contribution in [1.29, 1.82) is 0 Å². The number of amides is 1. The molecule has 1 aliphatic heterocycles. The fourth-order valence-corrected chi connectivity index (χ4v) is 4.34. The standard InChI is InChI=1S/C19H24N2O5S/c1-19(2,12-22)7-3-4-13-5-6-14-10-17(23)16(9-15(14)8-13)21-11-18(24)20-27(21,25)26/h5-6,8-10,22-23H,3-4,7,11-12H2,1-2H3,(H,20,24). The Hall–Kier alpha value is -2.32. The maximum absolute atomic E-state index is 12.1. The van der Waals surface area contributed by atoms with Gasteiger partial charge in [0.2, 0.25) is 0 Å². The van der Waals surface area contributed by atoms with Crippen molar-refractivity contribution in [1.82, 2.24) is 4.72 Å². The van der Waals surface area contributed by atoms with Gasteiger partial charge in [0.05, 0.1) is 5.69 Å². The van der Waals surface area contributed by atoms with E-state index in [1.54, 1.807) is 6.07 Å². The predicted molar refractivity (Wildman–Crippen MR) is 104 cm³/mol. The van der Waals surface area contributed by atoms with Gasteiger partial charge in [-0.05, 0) is 53.1 Å². The van der Waals surface area contributed by atoms with Crippen molar-refractivity contribution in [3.05, 3.63) is 35.9 Å². The van der Waals surface area contributed by atoms with Crippen LogP contribution in [0, 0.1) is 5.41 Å². The van der Waals surface area contributed by atoms with E-state index in [2.05, 4.69) is 0 Å². The third-order valence-corrected chi connectivity index (χ3v) is 6.23. The second kappa shape index (κ2) is 7.01. The number of phenols is 1. The molecule has 146 valence electrons. The molecule has 0 bridgehead atoms. The lowest BCUT2D eigenvalue weighted by Crippen LogP contribution is -2.29. The molecule has 2 aromatic rings. The average molecular weight is 392 g/mol. The fourth-order valence-electron chi connectivity index (χ4n) is 3.19. The minimum atomic E-state index is -3.97. The van der Waals surface area contributed by atoms with Gasteiger partial charge in [0.15, 0.2) is 0 Å². The van der Waals surface area contributed by atoms with Gasteiger partial charge in [-0.1, -0.05) is 32.0 Å². The molecule has 27 heavy (non-hydrogen) atoms. The van der Waals surface area contributed by atoms with Gasteiger partial charge >= 0.3 is 10.2 Å². The molecule has 1 fully saturated rings. The molecule has 0 unspecified atom stereocenters. The van der Waals surface area contributed by atoms with Crippen LogP contribution in [0.1, 0.15) is 32.3 Å². The van der Waals surface area contributed by atoms with Gasteiger partial charge in [0.1, 0.15) is 12.3 Å². The first-order chi connectivity index (χ1) is 12.6. The second-order valence-electron chi connectivity index (χ2n) is 7.74. The van der Waals surface area contributed by atoms with Crippen LogP contribution in [-0.2, 0) is 21.4 Å². The van der Waals surface area contributed by atoms with E-state index in [-0.39, 0.29) is 30.0 Å². The van der Waals surface area contributed by atoms with E-state index in [0.29, 0.717) is 0 Å². The van der Waals surface area contributed by atoms with E-state index in [0.717, 1.165) is 39.9 Å². The Bertz CT molecular complexity index is 985. The zero-order chi connectivity index (χ0) is 19.8. The number of anilines is 1. The van der Waals surface area contributed by atoms with Gasteiger partial charge < -0.3 is 10.2 Å². The third kappa shape index (κ3) is 4.17. The first kappa shape index (κ1) is 19.4. The largest absolute Gasteiger partial charge is 0.506 e. The van der Waals surface area contributed by atoms with Gasteiger partial charge in [-0.25, -0.2) is 9.03 Å². The summed E-state index contributed by atoms with van der Waals surface area (Å²) in [6.45, 7) is 3.84. The maximum Gasteiger partial charge on any atom is 0.326 e. The quantitative estimate of drug-likeness (QED) is 0.698. The number of hydrogen-bond acceptors (Lipinski definition) is 5. The van der Waals surface area contributed by atoms with Crippen LogP contribution in [0.5, 0.6) is 5.75 Å². The van der Waals surface area contributed by atoms with Crippen molar-refractivity contribution < 1.29 is 23.4 Å². The summed E-state index contributed by atoms with van der Waals surface area (Å²) in [5.74, 6) is -0.824. The summed E-state index contributed by atoms with van der Waals surface area (Å²) in [5, 5.41) is 21.2. The Morgan fingerprint density at radius 3 is 2.56 bits per heavy atom. The number of rotatable bonds is 6. The molecule has 7 nitrogen and oxygen atoms in total. The number of fused-ring (bicyclic) bond motifs is 1. The van der Waals surface area contributed by atoms with Gasteiger partial charge in [-0.2, -0.15) is 8.42 Å². The molecule has 0 aromatic heterocycles. The van der Waals surface area contributed by atoms with Crippen LogP contribution in [0.2, 0.25) is 0 Å². The third-order valence-electron chi connectivity index (χ3n) is 4.83. The highest BCUT2D eigenvalue weighted by molar-refractivity contribution is 7.92. The zero-order valence-electron chi connectivity index (χ0n) is 15.4. The van der Waals surface area contributed by atoms with Crippen LogP contribution in [0.25, 0.3) is 10.8 Å². The van der Waals surface area contributed by atoms with Crippen LogP contribution >= 0.6 is 0 Å². The second-order valence-corrected chi connectivity index (χ2v) is 9.33. The summed E-state index contributed by atoms with van der Waals surface area (Å²) >= 11 is 0. The minimum absolute atomic E-state index is 0.0828. The number of nitrogens with one attached hydrogen (secondary N) is 1. The Morgan fingerprint density at radius 2 is 1.93 bits per heavy atom. The number of benzene rings is 2. The van der Waals surface area contributed by atoms with E-state index in [4.69, 9.17) is 0 Å². The van der Waals surface area contributed by atoms with Crippen molar-refractivity contribution >= 4 is 32.6 Å². The highest BCUT2D eigenvalue weighted by Gasteiger charge is 2.35. The van der Waals surface area contributed by atoms with Crippen molar-refractivity contribution in [2.75, 3.05) is 17.5 Å². The summed E-state index contributed by atoms with van der Waals surface area (Å²) in [6, 6.07) is 8.91. The Morgan fingerprint density at radius 1 is 1.19 bits per heavy atom. The molecule has 2 aromatic carbocycles. The van der Waals surface area contributed by atoms with Crippen molar-refractivity contribution in [3.8, 4) is 5.75 Å². The number of carbonyl (C=O) groups excluding carboxylic acids is 1. The molecule has 1 saturated heterocycles. The number of carbonyl (C=O) groups is 1. The Kier molecular flexibility index (Phi) is 5.05. The molecule has 1 heterocycles. The van der Waals surface area contributed by atoms with E-state index in [9.17, 15) is 23.4 Å². The normalized spacial score (nSPS) is 16.7. The highest BCUT2D eigenvalue weighted by Crippen LogP contribution is 2.35. The summed E-state index contributed by atoms with van der Waals surface area (Å²) in [5.41, 5.74) is 1.06. The van der Waals surface area contributed by atoms with E-state index in [1.807, 2.05) is 36.8 Å². The molecule has 3 rings (SSSR count). The number of phenolic OH excluding ortho intramolecular Hbond substituents is 1. The predicted octanol–water partition coefficient (Wildman–Crippen LogP) is 2.07. The SMILES string of the molecule is CC(C)(CO)CCCc1ccc2cc(O)c(N3CC(=O)NS3(=O)=O)cc2c1. The molecule has 0 aliphatic carbocycles. The number of aliphatic hydroxyl groups is 1. The van der Waals surface area contributed by atoms with Crippen molar-refractivity contribution in [2.24, 2.45) is 5.41 Å². The number of hydrogen-bond donors (Lipinski definition) is 3. The molecular formula is C19H24N2O5S. The smallest absolute Gasteiger partial charge is 0.326 e. The van der Waals surface area contributed by atoms with Crippen LogP contribution < -0.4 is 9.03 Å². The lowest BCUT2D eigenvalue weighted by atomic mass is 9.87. The molecule has 8 heteroatoms. The molecule has 1 amide bonds.